The van der Waals surface area contributed by atoms with Crippen LogP contribution in [0.3, 0.4) is 0 Å². The van der Waals surface area contributed by atoms with Gasteiger partial charge in [-0.15, -0.1) is 0 Å². The average Bonchev–Trinajstić information content (AvgIpc) is 2.63. The molecule has 0 spiro atoms. The van der Waals surface area contributed by atoms with Crippen LogP contribution in [-0.2, 0) is 11.2 Å². The highest BCUT2D eigenvalue weighted by atomic mass is 16.2. The smallest absolute Gasteiger partial charge is 0.223 e. The summed E-state index contributed by atoms with van der Waals surface area (Å²) in [4.78, 5) is 24.3. The van der Waals surface area contributed by atoms with Gasteiger partial charge in [-0.25, -0.2) is 9.97 Å². The Balaban J connectivity index is 1.79. The van der Waals surface area contributed by atoms with Crippen molar-refractivity contribution in [3.05, 3.63) is 23.8 Å². The molecule has 2 heterocycles. The maximum atomic E-state index is 11.9. The zero-order chi connectivity index (χ0) is 14.4. The fourth-order valence-corrected chi connectivity index (χ4v) is 2.18. The predicted molar refractivity (Wildman–Crippen MR) is 73.8 cm³/mol. The number of carbonyl (C=O) groups is 1. The number of aromatic nitrogens is 2. The first-order chi connectivity index (χ1) is 9.69. The lowest BCUT2D eigenvalue weighted by molar-refractivity contribution is -0.130. The minimum absolute atomic E-state index is 0.232. The molecule has 0 radical (unpaired) electrons. The van der Waals surface area contributed by atoms with Gasteiger partial charge in [0.15, 0.2) is 0 Å². The summed E-state index contributed by atoms with van der Waals surface area (Å²) in [5.41, 5.74) is 0.472. The van der Waals surface area contributed by atoms with Crippen LogP contribution in [0.1, 0.15) is 24.2 Å². The van der Waals surface area contributed by atoms with Crippen molar-refractivity contribution < 1.29 is 4.79 Å². The van der Waals surface area contributed by atoms with Crippen molar-refractivity contribution in [2.75, 3.05) is 33.2 Å². The van der Waals surface area contributed by atoms with Crippen LogP contribution in [0, 0.1) is 11.3 Å². The third-order valence-electron chi connectivity index (χ3n) is 3.47. The second kappa shape index (κ2) is 6.96. The van der Waals surface area contributed by atoms with Crippen molar-refractivity contribution in [1.29, 1.82) is 5.26 Å². The zero-order valence-electron chi connectivity index (χ0n) is 11.7. The first-order valence-corrected chi connectivity index (χ1v) is 6.86. The van der Waals surface area contributed by atoms with Crippen LogP contribution in [-0.4, -0.2) is 58.9 Å². The van der Waals surface area contributed by atoms with E-state index in [0.29, 0.717) is 12.0 Å². The Morgan fingerprint density at radius 2 is 2.05 bits per heavy atom. The molecular weight excluding hydrogens is 254 g/mol. The third-order valence-corrected chi connectivity index (χ3v) is 3.47. The summed E-state index contributed by atoms with van der Waals surface area (Å²) >= 11 is 0. The van der Waals surface area contributed by atoms with Gasteiger partial charge in [0.05, 0.1) is 5.56 Å². The van der Waals surface area contributed by atoms with E-state index in [1.165, 1.54) is 12.4 Å². The van der Waals surface area contributed by atoms with Gasteiger partial charge in [-0.2, -0.15) is 5.26 Å². The van der Waals surface area contributed by atoms with Crippen LogP contribution in [0.2, 0.25) is 0 Å². The third kappa shape index (κ3) is 4.00. The van der Waals surface area contributed by atoms with E-state index in [-0.39, 0.29) is 5.91 Å². The van der Waals surface area contributed by atoms with Crippen LogP contribution < -0.4 is 0 Å². The second-order valence-corrected chi connectivity index (χ2v) is 5.04. The highest BCUT2D eigenvalue weighted by Crippen LogP contribution is 2.05. The molecule has 1 aromatic rings. The maximum absolute atomic E-state index is 11.9. The van der Waals surface area contributed by atoms with Crippen molar-refractivity contribution in [2.24, 2.45) is 0 Å². The first-order valence-electron chi connectivity index (χ1n) is 6.86. The molecule has 1 amide bonds. The van der Waals surface area contributed by atoms with Gasteiger partial charge >= 0.3 is 0 Å². The molecule has 0 unspecified atom stereocenters. The minimum atomic E-state index is 0.232. The monoisotopic (exact) mass is 273 g/mol. The summed E-state index contributed by atoms with van der Waals surface area (Å²) < 4.78 is 0. The van der Waals surface area contributed by atoms with Crippen LogP contribution >= 0.6 is 0 Å². The summed E-state index contributed by atoms with van der Waals surface area (Å²) in [7, 11) is 2.04. The molecule has 1 aromatic heterocycles. The minimum Gasteiger partial charge on any atom is -0.341 e. The van der Waals surface area contributed by atoms with E-state index in [9.17, 15) is 4.79 Å². The molecule has 106 valence electrons. The Kier molecular flexibility index (Phi) is 5.02. The molecule has 0 aromatic carbocycles. The molecular formula is C14H19N5O. The molecule has 0 N–H and O–H groups in total. The molecule has 2 rings (SSSR count). The second-order valence-electron chi connectivity index (χ2n) is 5.04. The molecule has 1 fully saturated rings. The zero-order valence-corrected chi connectivity index (χ0v) is 11.7. The lowest BCUT2D eigenvalue weighted by Crippen LogP contribution is -2.33. The molecule has 1 saturated heterocycles. The van der Waals surface area contributed by atoms with Crippen LogP contribution in [0.4, 0.5) is 0 Å². The number of aryl methyl sites for hydroxylation is 1. The quantitative estimate of drug-likeness (QED) is 0.796. The van der Waals surface area contributed by atoms with E-state index in [2.05, 4.69) is 14.9 Å². The number of likely N-dealkylation sites (N-methyl/N-ethyl adjacent to an activating group) is 1. The van der Waals surface area contributed by atoms with Crippen LogP contribution in [0.25, 0.3) is 0 Å². The van der Waals surface area contributed by atoms with Gasteiger partial charge in [0.25, 0.3) is 0 Å². The topological polar surface area (TPSA) is 73.1 Å². The Hall–Kier alpha value is -2.00. The molecule has 1 aliphatic rings. The number of rotatable bonds is 4. The van der Waals surface area contributed by atoms with Gasteiger partial charge in [0.1, 0.15) is 11.9 Å². The van der Waals surface area contributed by atoms with Gasteiger partial charge < -0.3 is 9.80 Å². The summed E-state index contributed by atoms with van der Waals surface area (Å²) in [6.07, 6.45) is 5.25. The van der Waals surface area contributed by atoms with Crippen molar-refractivity contribution in [3.8, 4) is 6.07 Å². The lowest BCUT2D eigenvalue weighted by Gasteiger charge is -2.20. The fourth-order valence-electron chi connectivity index (χ4n) is 2.18. The van der Waals surface area contributed by atoms with E-state index in [0.717, 1.165) is 44.8 Å². The SMILES string of the molecule is CN1CCC(=O)N(CCCc2ncc(C#N)cn2)CC1. The number of hydrogen-bond donors (Lipinski definition) is 0. The Morgan fingerprint density at radius 3 is 2.75 bits per heavy atom. The average molecular weight is 273 g/mol. The molecule has 0 saturated carbocycles. The summed E-state index contributed by atoms with van der Waals surface area (Å²) in [6, 6.07) is 2.00. The maximum Gasteiger partial charge on any atom is 0.223 e. The highest BCUT2D eigenvalue weighted by Gasteiger charge is 2.18. The Morgan fingerprint density at radius 1 is 1.30 bits per heavy atom. The van der Waals surface area contributed by atoms with E-state index < -0.39 is 0 Å². The molecule has 6 nitrogen and oxygen atoms in total. The van der Waals surface area contributed by atoms with Crippen molar-refractivity contribution in [3.63, 3.8) is 0 Å². The Labute approximate surface area is 119 Å². The largest absolute Gasteiger partial charge is 0.341 e. The van der Waals surface area contributed by atoms with E-state index in [1.807, 2.05) is 18.0 Å². The summed E-state index contributed by atoms with van der Waals surface area (Å²) in [5, 5.41) is 8.67. The van der Waals surface area contributed by atoms with Crippen molar-refractivity contribution in [2.45, 2.75) is 19.3 Å². The normalized spacial score (nSPS) is 16.8. The Bertz CT molecular complexity index is 493. The van der Waals surface area contributed by atoms with E-state index >= 15 is 0 Å². The standard InChI is InChI=1S/C14H19N5O/c1-18-6-4-14(20)19(8-7-18)5-2-3-13-16-10-12(9-15)11-17-13/h10-11H,2-8H2,1H3. The summed E-state index contributed by atoms with van der Waals surface area (Å²) in [5.74, 6) is 0.957. The summed E-state index contributed by atoms with van der Waals surface area (Å²) in [6.45, 7) is 3.31. The van der Waals surface area contributed by atoms with Crippen molar-refractivity contribution in [1.82, 2.24) is 19.8 Å². The lowest BCUT2D eigenvalue weighted by atomic mass is 10.2. The molecule has 0 aliphatic carbocycles. The number of hydrogen-bond acceptors (Lipinski definition) is 5. The number of amides is 1. The van der Waals surface area contributed by atoms with E-state index in [1.54, 1.807) is 0 Å². The molecule has 0 atom stereocenters. The molecule has 1 aliphatic heterocycles. The predicted octanol–water partition coefficient (Wildman–Crippen LogP) is 0.445. The number of carbonyl (C=O) groups excluding carboxylic acids is 1. The van der Waals surface area contributed by atoms with Crippen molar-refractivity contribution >= 4 is 5.91 Å². The first kappa shape index (κ1) is 14.4. The van der Waals surface area contributed by atoms with E-state index in [4.69, 9.17) is 5.26 Å². The number of nitrogens with zero attached hydrogens (tertiary/aromatic N) is 5. The van der Waals surface area contributed by atoms with Gasteiger partial charge in [-0.3, -0.25) is 4.79 Å². The fraction of sp³-hybridized carbons (Fsp3) is 0.571. The molecule has 6 heteroatoms. The van der Waals surface area contributed by atoms with Gasteiger partial charge in [-0.1, -0.05) is 0 Å². The van der Waals surface area contributed by atoms with Gasteiger partial charge in [0, 0.05) is 51.4 Å². The molecule has 0 bridgehead atoms. The highest BCUT2D eigenvalue weighted by molar-refractivity contribution is 5.76. The molecule has 20 heavy (non-hydrogen) atoms. The van der Waals surface area contributed by atoms with Gasteiger partial charge in [0.2, 0.25) is 5.91 Å². The van der Waals surface area contributed by atoms with Crippen LogP contribution in [0.5, 0.6) is 0 Å². The number of nitriles is 1. The van der Waals surface area contributed by atoms with Crippen LogP contribution in [0.15, 0.2) is 12.4 Å². The van der Waals surface area contributed by atoms with Gasteiger partial charge in [-0.05, 0) is 13.5 Å².